The molecule has 6 nitrogen and oxygen atoms in total. The number of ether oxygens (including phenoxy) is 1. The van der Waals surface area contributed by atoms with Crippen LogP contribution in [0, 0.1) is 0 Å². The largest absolute Gasteiger partial charge is 0.482 e. The molecule has 1 aliphatic rings. The summed E-state index contributed by atoms with van der Waals surface area (Å²) in [6, 6.07) is 7.16. The lowest BCUT2D eigenvalue weighted by Crippen LogP contribution is -2.35. The van der Waals surface area contributed by atoms with E-state index in [4.69, 9.17) is 16.3 Å². The second kappa shape index (κ2) is 8.35. The first kappa shape index (κ1) is 21.6. The van der Waals surface area contributed by atoms with Crippen LogP contribution >= 0.6 is 11.6 Å². The first-order valence-corrected chi connectivity index (χ1v) is 9.17. The topological polar surface area (TPSA) is 75.7 Å². The number of hydrogen-bond donors (Lipinski definition) is 1. The molecule has 2 aromatic carbocycles. The number of ketones is 1. The van der Waals surface area contributed by atoms with Gasteiger partial charge in [-0.1, -0.05) is 11.6 Å². The number of Topliss-reactive ketones (excluding diaryl/α,β-unsaturated/α-hetero) is 1. The number of benzene rings is 2. The van der Waals surface area contributed by atoms with Crippen molar-refractivity contribution in [2.45, 2.75) is 19.0 Å². The molecule has 0 saturated carbocycles. The number of carbonyl (C=O) groups excluding carboxylic acids is 3. The zero-order chi connectivity index (χ0) is 22.1. The van der Waals surface area contributed by atoms with Crippen molar-refractivity contribution in [3.05, 3.63) is 52.5 Å². The van der Waals surface area contributed by atoms with Gasteiger partial charge in [0, 0.05) is 25.5 Å². The van der Waals surface area contributed by atoms with Crippen LogP contribution in [0.3, 0.4) is 0 Å². The van der Waals surface area contributed by atoms with E-state index in [-0.39, 0.29) is 47.4 Å². The summed E-state index contributed by atoms with van der Waals surface area (Å²) in [5, 5.41) is 2.25. The van der Waals surface area contributed by atoms with Crippen molar-refractivity contribution in [3.63, 3.8) is 0 Å². The standard InChI is InChI=1S/C20H16ClF3N2O4/c1-26-15-8-11(2-6-17(15)30-10-19(26)29)16(27)5-7-18(28)25-14-9-12(20(22,23)24)3-4-13(14)21/h2-4,6,8-9H,5,7,10H2,1H3,(H,25,28). The molecule has 0 unspecified atom stereocenters. The molecule has 0 fully saturated rings. The lowest BCUT2D eigenvalue weighted by atomic mass is 10.0. The molecule has 2 aromatic rings. The Bertz CT molecular complexity index is 1020. The number of likely N-dealkylation sites (N-methyl/N-ethyl adjacent to an activating group) is 1. The number of nitrogens with zero attached hydrogens (tertiary/aromatic N) is 1. The molecule has 0 bridgehead atoms. The number of nitrogens with one attached hydrogen (secondary N) is 1. The van der Waals surface area contributed by atoms with Gasteiger partial charge in [-0.15, -0.1) is 0 Å². The molecule has 1 aliphatic heterocycles. The summed E-state index contributed by atoms with van der Waals surface area (Å²) in [5.74, 6) is -0.817. The molecular weight excluding hydrogens is 425 g/mol. The van der Waals surface area contributed by atoms with Gasteiger partial charge in [-0.25, -0.2) is 0 Å². The normalized spacial score (nSPS) is 13.5. The summed E-state index contributed by atoms with van der Waals surface area (Å²) in [4.78, 5) is 37.6. The third-order valence-electron chi connectivity index (χ3n) is 4.51. The SMILES string of the molecule is CN1C(=O)COc2ccc(C(=O)CCC(=O)Nc3cc(C(F)(F)F)ccc3Cl)cc21. The fourth-order valence-corrected chi connectivity index (χ4v) is 2.99. The number of halogens is 4. The second-order valence-corrected chi connectivity index (χ2v) is 6.99. The van der Waals surface area contributed by atoms with Crippen molar-refractivity contribution in [2.24, 2.45) is 0 Å². The number of fused-ring (bicyclic) bond motifs is 1. The Morgan fingerprint density at radius 3 is 2.60 bits per heavy atom. The van der Waals surface area contributed by atoms with Gasteiger partial charge in [0.15, 0.2) is 12.4 Å². The van der Waals surface area contributed by atoms with E-state index in [9.17, 15) is 27.6 Å². The summed E-state index contributed by atoms with van der Waals surface area (Å²) in [6.45, 7) is -0.0882. The fourth-order valence-electron chi connectivity index (χ4n) is 2.83. The lowest BCUT2D eigenvalue weighted by molar-refractivity contribution is -0.137. The summed E-state index contributed by atoms with van der Waals surface area (Å²) in [7, 11) is 1.56. The minimum Gasteiger partial charge on any atom is -0.482 e. The van der Waals surface area contributed by atoms with Crippen LogP contribution in [0.25, 0.3) is 0 Å². The highest BCUT2D eigenvalue weighted by Crippen LogP contribution is 2.34. The average Bonchev–Trinajstić information content (AvgIpc) is 2.69. The van der Waals surface area contributed by atoms with Crippen LogP contribution < -0.4 is 15.0 Å². The quantitative estimate of drug-likeness (QED) is 0.703. The van der Waals surface area contributed by atoms with Gasteiger partial charge >= 0.3 is 6.18 Å². The highest BCUT2D eigenvalue weighted by molar-refractivity contribution is 6.33. The van der Waals surface area contributed by atoms with Crippen LogP contribution in [0.5, 0.6) is 5.75 Å². The van der Waals surface area contributed by atoms with Crippen LogP contribution in [0.4, 0.5) is 24.5 Å². The third-order valence-corrected chi connectivity index (χ3v) is 4.84. The van der Waals surface area contributed by atoms with Crippen LogP contribution in [-0.2, 0) is 15.8 Å². The zero-order valence-corrected chi connectivity index (χ0v) is 16.4. The van der Waals surface area contributed by atoms with Crippen molar-refractivity contribution in [3.8, 4) is 5.75 Å². The Hall–Kier alpha value is -3.07. The van der Waals surface area contributed by atoms with E-state index in [1.54, 1.807) is 13.1 Å². The van der Waals surface area contributed by atoms with Crippen LogP contribution in [0.2, 0.25) is 5.02 Å². The molecule has 0 aromatic heterocycles. The van der Waals surface area contributed by atoms with Crippen LogP contribution in [-0.4, -0.2) is 31.3 Å². The van der Waals surface area contributed by atoms with Crippen molar-refractivity contribution in [1.82, 2.24) is 0 Å². The Labute approximate surface area is 174 Å². The number of alkyl halides is 3. The van der Waals surface area contributed by atoms with Crippen molar-refractivity contribution in [1.29, 1.82) is 0 Å². The monoisotopic (exact) mass is 440 g/mol. The molecule has 1 heterocycles. The van der Waals surface area contributed by atoms with Crippen LogP contribution in [0.1, 0.15) is 28.8 Å². The number of hydrogen-bond acceptors (Lipinski definition) is 4. The molecule has 3 rings (SSSR count). The molecule has 1 N–H and O–H groups in total. The Morgan fingerprint density at radius 2 is 1.90 bits per heavy atom. The molecule has 158 valence electrons. The molecule has 0 spiro atoms. The lowest BCUT2D eigenvalue weighted by Gasteiger charge is -2.26. The number of anilines is 2. The maximum atomic E-state index is 12.8. The van der Waals surface area contributed by atoms with Gasteiger partial charge in [0.2, 0.25) is 5.91 Å². The van der Waals surface area contributed by atoms with Gasteiger partial charge in [0.25, 0.3) is 5.91 Å². The molecule has 10 heteroatoms. The van der Waals surface area contributed by atoms with E-state index < -0.39 is 17.6 Å². The minimum atomic E-state index is -4.58. The molecule has 0 atom stereocenters. The first-order valence-electron chi connectivity index (χ1n) is 8.79. The maximum absolute atomic E-state index is 12.8. The molecule has 30 heavy (non-hydrogen) atoms. The van der Waals surface area contributed by atoms with Gasteiger partial charge in [-0.05, 0) is 36.4 Å². The van der Waals surface area contributed by atoms with E-state index in [0.717, 1.165) is 18.2 Å². The van der Waals surface area contributed by atoms with Gasteiger partial charge in [-0.2, -0.15) is 13.2 Å². The van der Waals surface area contributed by atoms with Gasteiger partial charge in [0.1, 0.15) is 5.75 Å². The Balaban J connectivity index is 1.64. The molecule has 0 aliphatic carbocycles. The molecule has 0 saturated heterocycles. The molecule has 0 radical (unpaired) electrons. The van der Waals surface area contributed by atoms with E-state index in [0.29, 0.717) is 11.4 Å². The van der Waals surface area contributed by atoms with E-state index in [1.165, 1.54) is 17.0 Å². The summed E-state index contributed by atoms with van der Waals surface area (Å²) in [6.07, 6.45) is -5.02. The third kappa shape index (κ3) is 4.73. The maximum Gasteiger partial charge on any atom is 0.416 e. The predicted octanol–water partition coefficient (Wildman–Crippen LogP) is 4.32. The highest BCUT2D eigenvalue weighted by Gasteiger charge is 2.31. The predicted molar refractivity (Wildman–Crippen MR) is 104 cm³/mol. The molecular formula is C20H16ClF3N2O4. The summed E-state index contributed by atoms with van der Waals surface area (Å²) in [5.41, 5.74) is -0.413. The second-order valence-electron chi connectivity index (χ2n) is 6.59. The van der Waals surface area contributed by atoms with Crippen molar-refractivity contribution in [2.75, 3.05) is 23.9 Å². The number of amides is 2. The molecule has 2 amide bonds. The summed E-state index contributed by atoms with van der Waals surface area (Å²) >= 11 is 5.85. The smallest absolute Gasteiger partial charge is 0.416 e. The number of rotatable bonds is 5. The zero-order valence-electron chi connectivity index (χ0n) is 15.7. The minimum absolute atomic E-state index is 0.0509. The van der Waals surface area contributed by atoms with E-state index >= 15 is 0 Å². The average molecular weight is 441 g/mol. The number of carbonyl (C=O) groups is 3. The van der Waals surface area contributed by atoms with Crippen molar-refractivity contribution >= 4 is 40.6 Å². The van der Waals surface area contributed by atoms with Gasteiger partial charge in [0.05, 0.1) is 22.0 Å². The highest BCUT2D eigenvalue weighted by atomic mass is 35.5. The fraction of sp³-hybridized carbons (Fsp3) is 0.250. The Morgan fingerprint density at radius 1 is 1.17 bits per heavy atom. The van der Waals surface area contributed by atoms with Crippen LogP contribution in [0.15, 0.2) is 36.4 Å². The first-order chi connectivity index (χ1) is 14.1. The summed E-state index contributed by atoms with van der Waals surface area (Å²) < 4.78 is 43.7. The van der Waals surface area contributed by atoms with Gasteiger partial charge < -0.3 is 15.0 Å². The van der Waals surface area contributed by atoms with Crippen molar-refractivity contribution < 1.29 is 32.3 Å². The Kier molecular flexibility index (Phi) is 6.02. The van der Waals surface area contributed by atoms with E-state index in [2.05, 4.69) is 5.32 Å². The van der Waals surface area contributed by atoms with Gasteiger partial charge in [-0.3, -0.25) is 14.4 Å². The van der Waals surface area contributed by atoms with E-state index in [1.807, 2.05) is 0 Å².